The van der Waals surface area contributed by atoms with Gasteiger partial charge in [0.25, 0.3) is 0 Å². The number of hydrogen-bond donors (Lipinski definition) is 0. The van der Waals surface area contributed by atoms with Gasteiger partial charge in [0.15, 0.2) is 7.28 Å². The Morgan fingerprint density at radius 3 is 2.94 bits per heavy atom. The Hall–Kier alpha value is -0.505. The fourth-order valence-electron chi connectivity index (χ4n) is 2.07. The molecule has 0 aromatic heterocycles. The van der Waals surface area contributed by atoms with Crippen LogP contribution in [-0.4, -0.2) is 26.6 Å². The summed E-state index contributed by atoms with van der Waals surface area (Å²) >= 11 is 6.23. The predicted molar refractivity (Wildman–Crippen MR) is 72.8 cm³/mol. The van der Waals surface area contributed by atoms with Crippen LogP contribution in [0.1, 0.15) is 25.0 Å². The van der Waals surface area contributed by atoms with Crippen molar-refractivity contribution in [2.75, 3.05) is 13.2 Å². The summed E-state index contributed by atoms with van der Waals surface area (Å²) in [6.07, 6.45) is 1.40. The molecule has 4 heteroatoms. The van der Waals surface area contributed by atoms with E-state index in [1.54, 1.807) is 0 Å². The summed E-state index contributed by atoms with van der Waals surface area (Å²) in [7, 11) is 0.939. The monoisotopic (exact) mass is 252 g/mol. The fourth-order valence-corrected chi connectivity index (χ4v) is 2.38. The SMILES string of the molecule is CBc1c(Cl)cccc1[C@@H](CC)OC[C@H]1CO1. The van der Waals surface area contributed by atoms with Crippen LogP contribution in [0.15, 0.2) is 18.2 Å². The first kappa shape index (κ1) is 12.9. The minimum absolute atomic E-state index is 0.132. The number of benzene rings is 1. The predicted octanol–water partition coefficient (Wildman–Crippen LogP) is 2.32. The average molecular weight is 253 g/mol. The highest BCUT2D eigenvalue weighted by Crippen LogP contribution is 2.23. The molecule has 1 saturated heterocycles. The van der Waals surface area contributed by atoms with E-state index >= 15 is 0 Å². The van der Waals surface area contributed by atoms with Crippen molar-refractivity contribution in [3.05, 3.63) is 28.8 Å². The molecule has 1 aliphatic rings. The van der Waals surface area contributed by atoms with Crippen molar-refractivity contribution in [2.24, 2.45) is 0 Å². The van der Waals surface area contributed by atoms with Crippen molar-refractivity contribution >= 4 is 24.3 Å². The summed E-state index contributed by atoms with van der Waals surface area (Å²) in [5, 5.41) is 0.842. The molecule has 1 aromatic rings. The van der Waals surface area contributed by atoms with E-state index in [9.17, 15) is 0 Å². The molecule has 1 fully saturated rings. The molecule has 0 unspecified atom stereocenters. The zero-order valence-corrected chi connectivity index (χ0v) is 11.2. The Balaban J connectivity index is 2.13. The third-order valence-corrected chi connectivity index (χ3v) is 3.47. The van der Waals surface area contributed by atoms with Gasteiger partial charge in [-0.2, -0.15) is 0 Å². The number of rotatable bonds is 6. The summed E-state index contributed by atoms with van der Waals surface area (Å²) in [5.74, 6) is 0. The van der Waals surface area contributed by atoms with Crippen LogP contribution in [0, 0.1) is 0 Å². The van der Waals surface area contributed by atoms with Gasteiger partial charge in [-0.05, 0) is 18.1 Å². The minimum Gasteiger partial charge on any atom is -0.371 e. The van der Waals surface area contributed by atoms with E-state index in [1.807, 2.05) is 12.1 Å². The smallest absolute Gasteiger partial charge is 0.157 e. The van der Waals surface area contributed by atoms with E-state index in [-0.39, 0.29) is 6.10 Å². The molecule has 0 amide bonds. The molecule has 2 rings (SSSR count). The van der Waals surface area contributed by atoms with Gasteiger partial charge in [-0.15, -0.1) is 0 Å². The number of ether oxygens (including phenoxy) is 2. The molecule has 1 heterocycles. The summed E-state index contributed by atoms with van der Waals surface area (Å²) in [4.78, 5) is 0. The largest absolute Gasteiger partial charge is 0.371 e. The van der Waals surface area contributed by atoms with Crippen LogP contribution in [0.4, 0.5) is 0 Å². The molecule has 92 valence electrons. The minimum atomic E-state index is 0.132. The van der Waals surface area contributed by atoms with Crippen LogP contribution >= 0.6 is 11.6 Å². The first-order valence-corrected chi connectivity index (χ1v) is 6.64. The van der Waals surface area contributed by atoms with Crippen molar-refractivity contribution in [2.45, 2.75) is 32.4 Å². The van der Waals surface area contributed by atoms with Gasteiger partial charge in [0, 0.05) is 5.02 Å². The number of hydrogen-bond acceptors (Lipinski definition) is 2. The van der Waals surface area contributed by atoms with Gasteiger partial charge in [-0.3, -0.25) is 0 Å². The highest BCUT2D eigenvalue weighted by atomic mass is 35.5. The Bertz CT molecular complexity index is 380. The maximum atomic E-state index is 6.23. The molecule has 0 spiro atoms. The van der Waals surface area contributed by atoms with E-state index in [0.29, 0.717) is 12.7 Å². The standard InChI is InChI=1S/C13H18BClO2/c1-3-12(17-8-9-7-16-9)10-5-4-6-11(15)13(10)14-2/h4-6,9,12,14H,3,7-8H2,1-2H3/t9-,12-/m1/s1. The van der Waals surface area contributed by atoms with Crippen LogP contribution in [0.2, 0.25) is 11.8 Å². The molecule has 0 aliphatic carbocycles. The first-order chi connectivity index (χ1) is 8.26. The lowest BCUT2D eigenvalue weighted by molar-refractivity contribution is 0.0400. The molecule has 2 atom stereocenters. The Morgan fingerprint density at radius 2 is 2.35 bits per heavy atom. The molecule has 0 bridgehead atoms. The molecule has 0 N–H and O–H groups in total. The maximum absolute atomic E-state index is 6.23. The molecule has 1 aromatic carbocycles. The van der Waals surface area contributed by atoms with Crippen molar-refractivity contribution in [3.63, 3.8) is 0 Å². The van der Waals surface area contributed by atoms with E-state index < -0.39 is 0 Å². The van der Waals surface area contributed by atoms with Crippen molar-refractivity contribution in [1.29, 1.82) is 0 Å². The zero-order chi connectivity index (χ0) is 12.3. The zero-order valence-electron chi connectivity index (χ0n) is 10.4. The molecular formula is C13H18BClO2. The molecular weight excluding hydrogens is 234 g/mol. The van der Waals surface area contributed by atoms with E-state index in [2.05, 4.69) is 19.8 Å². The summed E-state index contributed by atoms with van der Waals surface area (Å²) in [6.45, 7) is 5.79. The number of halogens is 1. The molecule has 17 heavy (non-hydrogen) atoms. The van der Waals surface area contributed by atoms with Crippen molar-refractivity contribution in [1.82, 2.24) is 0 Å². The third kappa shape index (κ3) is 3.24. The molecule has 2 nitrogen and oxygen atoms in total. The van der Waals surface area contributed by atoms with Crippen LogP contribution in [0.5, 0.6) is 0 Å². The maximum Gasteiger partial charge on any atom is 0.157 e. The first-order valence-electron chi connectivity index (χ1n) is 6.26. The summed E-state index contributed by atoms with van der Waals surface area (Å²) in [6, 6.07) is 6.06. The van der Waals surface area contributed by atoms with Crippen LogP contribution in [0.3, 0.4) is 0 Å². The van der Waals surface area contributed by atoms with Crippen LogP contribution in [-0.2, 0) is 9.47 Å². The topological polar surface area (TPSA) is 21.8 Å². The second kappa shape index (κ2) is 5.90. The van der Waals surface area contributed by atoms with Gasteiger partial charge in [-0.25, -0.2) is 0 Å². The van der Waals surface area contributed by atoms with Crippen LogP contribution in [0.25, 0.3) is 0 Å². The average Bonchev–Trinajstić information content (AvgIpc) is 3.14. The Morgan fingerprint density at radius 1 is 1.59 bits per heavy atom. The van der Waals surface area contributed by atoms with Crippen molar-refractivity contribution < 1.29 is 9.47 Å². The van der Waals surface area contributed by atoms with Gasteiger partial charge in [0.05, 0.1) is 19.3 Å². The Labute approximate surface area is 108 Å². The van der Waals surface area contributed by atoms with Gasteiger partial charge in [0.2, 0.25) is 0 Å². The van der Waals surface area contributed by atoms with E-state index in [0.717, 1.165) is 25.3 Å². The van der Waals surface area contributed by atoms with Gasteiger partial charge < -0.3 is 9.47 Å². The highest BCUT2D eigenvalue weighted by Gasteiger charge is 2.25. The van der Waals surface area contributed by atoms with Crippen molar-refractivity contribution in [3.8, 4) is 0 Å². The number of epoxide rings is 1. The van der Waals surface area contributed by atoms with Gasteiger partial charge in [0.1, 0.15) is 6.10 Å². The lowest BCUT2D eigenvalue weighted by Crippen LogP contribution is -2.22. The normalized spacial score (nSPS) is 20.1. The lowest BCUT2D eigenvalue weighted by atomic mass is 9.70. The second-order valence-corrected chi connectivity index (χ2v) is 4.75. The second-order valence-electron chi connectivity index (χ2n) is 4.35. The van der Waals surface area contributed by atoms with Gasteiger partial charge in [-0.1, -0.05) is 42.9 Å². The van der Waals surface area contributed by atoms with Gasteiger partial charge >= 0.3 is 0 Å². The molecule has 1 aliphatic heterocycles. The summed E-state index contributed by atoms with van der Waals surface area (Å²) in [5.41, 5.74) is 2.43. The molecule has 0 saturated carbocycles. The van der Waals surface area contributed by atoms with E-state index in [1.165, 1.54) is 11.0 Å². The quantitative estimate of drug-likeness (QED) is 0.572. The van der Waals surface area contributed by atoms with E-state index in [4.69, 9.17) is 21.1 Å². The molecule has 0 radical (unpaired) electrons. The fraction of sp³-hybridized carbons (Fsp3) is 0.538. The van der Waals surface area contributed by atoms with Crippen LogP contribution < -0.4 is 5.46 Å². The highest BCUT2D eigenvalue weighted by molar-refractivity contribution is 6.57. The Kier molecular flexibility index (Phi) is 4.49. The third-order valence-electron chi connectivity index (χ3n) is 3.11. The summed E-state index contributed by atoms with van der Waals surface area (Å²) < 4.78 is 11.1. The lowest BCUT2D eigenvalue weighted by Gasteiger charge is -2.20.